The number of ether oxygens (including phenoxy) is 2. The van der Waals surface area contributed by atoms with Crippen molar-refractivity contribution in [3.05, 3.63) is 94.0 Å². The second-order valence-corrected chi connectivity index (χ2v) is 9.66. The van der Waals surface area contributed by atoms with Gasteiger partial charge >= 0.3 is 0 Å². The first-order valence-electron chi connectivity index (χ1n) is 11.4. The second-order valence-electron chi connectivity index (χ2n) is 9.22. The van der Waals surface area contributed by atoms with Crippen molar-refractivity contribution in [1.29, 1.82) is 0 Å². The first-order valence-corrected chi connectivity index (χ1v) is 11.8. The summed E-state index contributed by atoms with van der Waals surface area (Å²) in [5.74, 6) is -4.66. The summed E-state index contributed by atoms with van der Waals surface area (Å²) >= 11 is 6.20. The van der Waals surface area contributed by atoms with Gasteiger partial charge in [0.1, 0.15) is 5.75 Å². The normalized spacial score (nSPS) is 24.0. The number of hydrogen-bond donors (Lipinski definition) is 0. The highest BCUT2D eigenvalue weighted by Gasteiger charge is 2.74. The molecule has 0 N–H and O–H groups in total. The second kappa shape index (κ2) is 7.85. The molecule has 2 fully saturated rings. The molecule has 0 saturated carbocycles. The number of methoxy groups -OCH3 is 1. The van der Waals surface area contributed by atoms with Crippen molar-refractivity contribution >= 4 is 40.7 Å². The summed E-state index contributed by atoms with van der Waals surface area (Å²) in [7, 11) is 1.42. The van der Waals surface area contributed by atoms with Crippen LogP contribution in [0.3, 0.4) is 0 Å². The molecule has 8 heteroatoms. The van der Waals surface area contributed by atoms with Crippen molar-refractivity contribution in [2.24, 2.45) is 11.8 Å². The minimum absolute atomic E-state index is 0.155. The smallest absolute Gasteiger partial charge is 0.241 e. The predicted molar refractivity (Wildman–Crippen MR) is 130 cm³/mol. The summed E-state index contributed by atoms with van der Waals surface area (Å²) in [5.41, 5.74) is -0.0121. The van der Waals surface area contributed by atoms with Gasteiger partial charge in [0.2, 0.25) is 29.0 Å². The van der Waals surface area contributed by atoms with E-state index in [-0.39, 0.29) is 22.6 Å². The highest BCUT2D eigenvalue weighted by Crippen LogP contribution is 2.58. The number of carbonyl (C=O) groups excluding carboxylic acids is 4. The molecule has 0 bridgehead atoms. The van der Waals surface area contributed by atoms with Crippen molar-refractivity contribution < 1.29 is 28.7 Å². The average Bonchev–Trinajstić information content (AvgIpc) is 3.44. The van der Waals surface area contributed by atoms with E-state index in [1.54, 1.807) is 48.5 Å². The number of rotatable bonds is 3. The molecule has 3 atom stereocenters. The van der Waals surface area contributed by atoms with E-state index in [4.69, 9.17) is 21.1 Å². The molecule has 1 spiro atoms. The zero-order valence-electron chi connectivity index (χ0n) is 19.4. The quantitative estimate of drug-likeness (QED) is 0.391. The summed E-state index contributed by atoms with van der Waals surface area (Å²) < 4.78 is 11.7. The van der Waals surface area contributed by atoms with Gasteiger partial charge in [0.05, 0.1) is 30.7 Å². The molecule has 2 saturated heterocycles. The third kappa shape index (κ3) is 2.84. The Bertz CT molecular complexity index is 1440. The number of amides is 2. The maximum atomic E-state index is 14.0. The number of carbonyl (C=O) groups is 4. The summed E-state index contributed by atoms with van der Waals surface area (Å²) in [6.07, 6.45) is -0.982. The minimum atomic E-state index is -2.13. The lowest BCUT2D eigenvalue weighted by atomic mass is 9.77. The zero-order valence-corrected chi connectivity index (χ0v) is 20.1. The Hall–Kier alpha value is -3.81. The van der Waals surface area contributed by atoms with Gasteiger partial charge in [-0.3, -0.25) is 19.2 Å². The fraction of sp³-hybridized carbons (Fsp3) is 0.214. The molecule has 36 heavy (non-hydrogen) atoms. The zero-order chi connectivity index (χ0) is 25.4. The van der Waals surface area contributed by atoms with Gasteiger partial charge in [0.25, 0.3) is 0 Å². The molecular weight excluding hydrogens is 482 g/mol. The number of fused-ring (bicyclic) bond motifs is 3. The number of imide groups is 1. The molecule has 3 aliphatic rings. The molecule has 2 heterocycles. The topological polar surface area (TPSA) is 90.0 Å². The number of nitrogens with zero attached hydrogens (tertiary/aromatic N) is 1. The summed E-state index contributed by atoms with van der Waals surface area (Å²) in [5, 5.41) is 0.296. The Balaban J connectivity index is 1.56. The molecular formula is C28H20ClNO6. The van der Waals surface area contributed by atoms with Crippen LogP contribution in [0.5, 0.6) is 5.75 Å². The maximum Gasteiger partial charge on any atom is 0.241 e. The highest BCUT2D eigenvalue weighted by molar-refractivity contribution is 6.37. The molecule has 7 nitrogen and oxygen atoms in total. The van der Waals surface area contributed by atoms with Crippen molar-refractivity contribution in [1.82, 2.24) is 0 Å². The van der Waals surface area contributed by atoms with E-state index in [2.05, 4.69) is 0 Å². The number of ketones is 2. The molecule has 6 rings (SSSR count). The van der Waals surface area contributed by atoms with Crippen LogP contribution in [-0.2, 0) is 14.3 Å². The fourth-order valence-corrected chi connectivity index (χ4v) is 5.82. The van der Waals surface area contributed by atoms with Gasteiger partial charge in [0, 0.05) is 16.1 Å². The Labute approximate surface area is 211 Å². The van der Waals surface area contributed by atoms with E-state index in [1.165, 1.54) is 13.2 Å². The SMILES string of the molecule is COc1ccc(Cl)cc1N1C(=O)[C@@H]2[C@@H](c3ccc(C)cc3)OC3(C(=O)c4ccccc4C3=O)[C@@H]2C1=O. The van der Waals surface area contributed by atoms with E-state index in [1.807, 2.05) is 19.1 Å². The molecule has 2 amide bonds. The van der Waals surface area contributed by atoms with Crippen molar-refractivity contribution in [2.45, 2.75) is 18.6 Å². The molecule has 0 unspecified atom stereocenters. The molecule has 2 aliphatic heterocycles. The van der Waals surface area contributed by atoms with Gasteiger partial charge in [-0.25, -0.2) is 4.90 Å². The minimum Gasteiger partial charge on any atom is -0.495 e. The van der Waals surface area contributed by atoms with Crippen LogP contribution in [0, 0.1) is 18.8 Å². The van der Waals surface area contributed by atoms with Gasteiger partial charge in [-0.2, -0.15) is 0 Å². The largest absolute Gasteiger partial charge is 0.495 e. The first kappa shape index (κ1) is 22.6. The number of Topliss-reactive ketones (excluding diaryl/α,β-unsaturated/α-hetero) is 2. The standard InChI is InChI=1S/C28H20ClNO6/c1-14-7-9-15(10-8-14)23-21-22(28(36-23)24(31)17-5-3-4-6-18(17)25(28)32)27(34)30(26(21)33)19-13-16(29)11-12-20(19)35-2/h3-13,21-23H,1-2H3/t21-,22-,23+/m0/s1. The fourth-order valence-electron chi connectivity index (χ4n) is 5.65. The van der Waals surface area contributed by atoms with Crippen LogP contribution in [0.25, 0.3) is 0 Å². The van der Waals surface area contributed by atoms with Crippen LogP contribution in [0.15, 0.2) is 66.7 Å². The Kier molecular flexibility index (Phi) is 4.94. The third-order valence-corrected chi connectivity index (χ3v) is 7.54. The molecule has 180 valence electrons. The van der Waals surface area contributed by atoms with E-state index in [0.29, 0.717) is 10.6 Å². The van der Waals surface area contributed by atoms with Crippen LogP contribution in [-0.4, -0.2) is 36.1 Å². The van der Waals surface area contributed by atoms with Crippen LogP contribution in [0.4, 0.5) is 5.69 Å². The van der Waals surface area contributed by atoms with Gasteiger partial charge in [-0.05, 0) is 30.7 Å². The van der Waals surface area contributed by atoms with Crippen LogP contribution < -0.4 is 9.64 Å². The van der Waals surface area contributed by atoms with Gasteiger partial charge in [0.15, 0.2) is 0 Å². The monoisotopic (exact) mass is 501 g/mol. The third-order valence-electron chi connectivity index (χ3n) is 7.31. The maximum absolute atomic E-state index is 14.0. The van der Waals surface area contributed by atoms with E-state index in [9.17, 15) is 19.2 Å². The summed E-state index contributed by atoms with van der Waals surface area (Å²) in [6, 6.07) is 18.3. The lowest BCUT2D eigenvalue weighted by Crippen LogP contribution is -2.51. The lowest BCUT2D eigenvalue weighted by Gasteiger charge is -2.27. The number of hydrogen-bond acceptors (Lipinski definition) is 6. The van der Waals surface area contributed by atoms with E-state index in [0.717, 1.165) is 10.5 Å². The van der Waals surface area contributed by atoms with Gasteiger partial charge < -0.3 is 9.47 Å². The van der Waals surface area contributed by atoms with E-state index < -0.39 is 46.9 Å². The molecule has 0 radical (unpaired) electrons. The Morgan fingerprint density at radius 3 is 2.14 bits per heavy atom. The van der Waals surface area contributed by atoms with Gasteiger partial charge in [-0.15, -0.1) is 0 Å². The van der Waals surface area contributed by atoms with Gasteiger partial charge in [-0.1, -0.05) is 65.7 Å². The predicted octanol–water partition coefficient (Wildman–Crippen LogP) is 4.35. The highest BCUT2D eigenvalue weighted by atomic mass is 35.5. The van der Waals surface area contributed by atoms with Crippen molar-refractivity contribution in [2.75, 3.05) is 12.0 Å². The lowest BCUT2D eigenvalue weighted by molar-refractivity contribution is -0.127. The van der Waals surface area contributed by atoms with Crippen molar-refractivity contribution in [3.63, 3.8) is 0 Å². The van der Waals surface area contributed by atoms with Crippen molar-refractivity contribution in [3.8, 4) is 5.75 Å². The number of aryl methyl sites for hydroxylation is 1. The molecule has 1 aliphatic carbocycles. The number of anilines is 1. The van der Waals surface area contributed by atoms with E-state index >= 15 is 0 Å². The Morgan fingerprint density at radius 2 is 1.53 bits per heavy atom. The summed E-state index contributed by atoms with van der Waals surface area (Å²) in [4.78, 5) is 56.6. The average molecular weight is 502 g/mol. The van der Waals surface area contributed by atoms with Crippen LogP contribution in [0.2, 0.25) is 5.02 Å². The number of benzene rings is 3. The summed E-state index contributed by atoms with van der Waals surface area (Å²) in [6.45, 7) is 1.92. The molecule has 3 aromatic carbocycles. The molecule has 0 aromatic heterocycles. The number of halogens is 1. The Morgan fingerprint density at radius 1 is 0.889 bits per heavy atom. The first-order chi connectivity index (χ1) is 17.3. The van der Waals surface area contributed by atoms with Crippen LogP contribution in [0.1, 0.15) is 37.9 Å². The van der Waals surface area contributed by atoms with Crippen LogP contribution >= 0.6 is 11.6 Å². The molecule has 3 aromatic rings.